The lowest BCUT2D eigenvalue weighted by Gasteiger charge is -2.10. The van der Waals surface area contributed by atoms with Gasteiger partial charge in [-0.3, -0.25) is 0 Å². The summed E-state index contributed by atoms with van der Waals surface area (Å²) in [6, 6.07) is 6.26. The van der Waals surface area contributed by atoms with E-state index in [0.717, 1.165) is 24.4 Å². The van der Waals surface area contributed by atoms with E-state index in [9.17, 15) is 0 Å². The van der Waals surface area contributed by atoms with Crippen LogP contribution in [0.4, 0.5) is 5.69 Å². The van der Waals surface area contributed by atoms with Crippen molar-refractivity contribution in [1.29, 1.82) is 0 Å². The lowest BCUT2D eigenvalue weighted by Crippen LogP contribution is -2.13. The summed E-state index contributed by atoms with van der Waals surface area (Å²) in [7, 11) is 0. The first-order chi connectivity index (χ1) is 8.54. The fraction of sp³-hybridized carbons (Fsp3) is 0.429. The zero-order chi connectivity index (χ0) is 12.8. The molecule has 0 atom stereocenters. The molecule has 1 aromatic carbocycles. The van der Waals surface area contributed by atoms with Gasteiger partial charge >= 0.3 is 0 Å². The summed E-state index contributed by atoms with van der Waals surface area (Å²) in [4.78, 5) is 4.47. The summed E-state index contributed by atoms with van der Waals surface area (Å²) in [5.41, 5.74) is 3.43. The standard InChI is InChI=1S/C14H17N3O/c1-14(2,3)13-16-12(18-17-13)10-5-4-9-6-7-15-11(9)8-10/h4-5,8,15H,6-7H2,1-3H3. The Hall–Kier alpha value is -1.84. The molecule has 0 fully saturated rings. The van der Waals surface area contributed by atoms with Gasteiger partial charge < -0.3 is 9.84 Å². The first-order valence-corrected chi connectivity index (χ1v) is 6.25. The van der Waals surface area contributed by atoms with Crippen LogP contribution in [0.3, 0.4) is 0 Å². The molecule has 3 rings (SSSR count). The number of hydrogen-bond acceptors (Lipinski definition) is 4. The average Bonchev–Trinajstić information content (AvgIpc) is 2.96. The highest BCUT2D eigenvalue weighted by Gasteiger charge is 2.22. The van der Waals surface area contributed by atoms with Crippen LogP contribution in [-0.2, 0) is 11.8 Å². The molecule has 1 aliphatic heterocycles. The van der Waals surface area contributed by atoms with E-state index >= 15 is 0 Å². The van der Waals surface area contributed by atoms with Crippen LogP contribution in [-0.4, -0.2) is 16.7 Å². The molecule has 1 aromatic heterocycles. The zero-order valence-corrected chi connectivity index (χ0v) is 10.9. The highest BCUT2D eigenvalue weighted by Crippen LogP contribution is 2.29. The molecule has 2 heterocycles. The van der Waals surface area contributed by atoms with Crippen molar-refractivity contribution >= 4 is 5.69 Å². The summed E-state index contributed by atoms with van der Waals surface area (Å²) in [6.07, 6.45) is 1.09. The Kier molecular flexibility index (Phi) is 2.40. The van der Waals surface area contributed by atoms with E-state index in [1.165, 1.54) is 11.3 Å². The number of fused-ring (bicyclic) bond motifs is 1. The van der Waals surface area contributed by atoms with Crippen molar-refractivity contribution in [2.75, 3.05) is 11.9 Å². The number of nitrogens with zero attached hydrogens (tertiary/aromatic N) is 2. The Morgan fingerprint density at radius 2 is 2.11 bits per heavy atom. The van der Waals surface area contributed by atoms with Gasteiger partial charge in [0.25, 0.3) is 5.89 Å². The van der Waals surface area contributed by atoms with Crippen molar-refractivity contribution in [3.8, 4) is 11.5 Å². The highest BCUT2D eigenvalue weighted by molar-refractivity contribution is 5.66. The summed E-state index contributed by atoms with van der Waals surface area (Å²) >= 11 is 0. The topological polar surface area (TPSA) is 51.0 Å². The molecule has 1 N–H and O–H groups in total. The number of hydrogen-bond donors (Lipinski definition) is 1. The van der Waals surface area contributed by atoms with Crippen molar-refractivity contribution in [1.82, 2.24) is 10.1 Å². The number of anilines is 1. The zero-order valence-electron chi connectivity index (χ0n) is 10.9. The van der Waals surface area contributed by atoms with E-state index in [0.29, 0.717) is 5.89 Å². The maximum Gasteiger partial charge on any atom is 0.258 e. The second-order valence-corrected chi connectivity index (χ2v) is 5.72. The lowest BCUT2D eigenvalue weighted by molar-refractivity contribution is 0.402. The molecule has 94 valence electrons. The predicted octanol–water partition coefficient (Wildman–Crippen LogP) is 3.00. The smallest absolute Gasteiger partial charge is 0.258 e. The Morgan fingerprint density at radius 3 is 2.83 bits per heavy atom. The molecule has 0 spiro atoms. The number of rotatable bonds is 1. The largest absolute Gasteiger partial charge is 0.384 e. The number of nitrogens with one attached hydrogen (secondary N) is 1. The minimum absolute atomic E-state index is 0.0866. The van der Waals surface area contributed by atoms with Gasteiger partial charge in [-0.15, -0.1) is 0 Å². The van der Waals surface area contributed by atoms with Crippen molar-refractivity contribution in [3.05, 3.63) is 29.6 Å². The molecule has 1 aliphatic rings. The molecule has 0 bridgehead atoms. The van der Waals surface area contributed by atoms with Crippen LogP contribution in [0.15, 0.2) is 22.7 Å². The number of benzene rings is 1. The van der Waals surface area contributed by atoms with E-state index in [-0.39, 0.29) is 5.41 Å². The maximum atomic E-state index is 5.35. The van der Waals surface area contributed by atoms with Gasteiger partial charge in [0.2, 0.25) is 0 Å². The van der Waals surface area contributed by atoms with Gasteiger partial charge in [-0.1, -0.05) is 32.0 Å². The Labute approximate surface area is 106 Å². The molecule has 18 heavy (non-hydrogen) atoms. The normalized spacial score (nSPS) is 14.4. The van der Waals surface area contributed by atoms with Crippen molar-refractivity contribution in [2.45, 2.75) is 32.6 Å². The molecule has 4 heteroatoms. The quantitative estimate of drug-likeness (QED) is 0.836. The van der Waals surface area contributed by atoms with Crippen LogP contribution < -0.4 is 5.32 Å². The fourth-order valence-electron chi connectivity index (χ4n) is 2.07. The summed E-state index contributed by atoms with van der Waals surface area (Å²) < 4.78 is 5.35. The molecule has 0 saturated heterocycles. The van der Waals surface area contributed by atoms with Crippen LogP contribution in [0.2, 0.25) is 0 Å². The first-order valence-electron chi connectivity index (χ1n) is 6.25. The average molecular weight is 243 g/mol. The van der Waals surface area contributed by atoms with Gasteiger partial charge in [-0.25, -0.2) is 0 Å². The monoisotopic (exact) mass is 243 g/mol. The third kappa shape index (κ3) is 1.88. The van der Waals surface area contributed by atoms with Crippen molar-refractivity contribution in [2.24, 2.45) is 0 Å². The van der Waals surface area contributed by atoms with Crippen molar-refractivity contribution < 1.29 is 4.52 Å². The molecule has 0 radical (unpaired) electrons. The molecule has 0 saturated carbocycles. The fourth-order valence-corrected chi connectivity index (χ4v) is 2.07. The van der Waals surface area contributed by atoms with Gasteiger partial charge in [-0.2, -0.15) is 4.98 Å². The Morgan fingerprint density at radius 1 is 1.28 bits per heavy atom. The first kappa shape index (κ1) is 11.3. The lowest BCUT2D eigenvalue weighted by atomic mass is 9.96. The molecule has 0 aliphatic carbocycles. The van der Waals surface area contributed by atoms with Crippen molar-refractivity contribution in [3.63, 3.8) is 0 Å². The number of aromatic nitrogens is 2. The van der Waals surface area contributed by atoms with E-state index in [1.54, 1.807) is 0 Å². The van der Waals surface area contributed by atoms with E-state index < -0.39 is 0 Å². The van der Waals surface area contributed by atoms with Crippen LogP contribution in [0, 0.1) is 0 Å². The van der Waals surface area contributed by atoms with E-state index in [2.05, 4.69) is 48.4 Å². The summed E-state index contributed by atoms with van der Waals surface area (Å²) in [6.45, 7) is 7.24. The van der Waals surface area contributed by atoms with E-state index in [4.69, 9.17) is 4.52 Å². The second-order valence-electron chi connectivity index (χ2n) is 5.72. The maximum absolute atomic E-state index is 5.35. The van der Waals surface area contributed by atoms with Gasteiger partial charge in [0.05, 0.1) is 0 Å². The highest BCUT2D eigenvalue weighted by atomic mass is 16.5. The van der Waals surface area contributed by atoms with E-state index in [1.807, 2.05) is 6.07 Å². The second kappa shape index (κ2) is 3.83. The predicted molar refractivity (Wildman–Crippen MR) is 70.6 cm³/mol. The van der Waals surface area contributed by atoms with Crippen LogP contribution in [0.1, 0.15) is 32.2 Å². The minimum Gasteiger partial charge on any atom is -0.384 e. The molecular weight excluding hydrogens is 226 g/mol. The Balaban J connectivity index is 1.98. The van der Waals surface area contributed by atoms with Gasteiger partial charge in [-0.05, 0) is 24.1 Å². The molecule has 0 unspecified atom stereocenters. The third-order valence-electron chi connectivity index (χ3n) is 3.16. The van der Waals surface area contributed by atoms with Crippen LogP contribution in [0.5, 0.6) is 0 Å². The third-order valence-corrected chi connectivity index (χ3v) is 3.16. The SMILES string of the molecule is CC(C)(C)c1noc(-c2ccc3c(c2)NCC3)n1. The van der Waals surface area contributed by atoms with Crippen LogP contribution in [0.25, 0.3) is 11.5 Å². The molecule has 0 amide bonds. The summed E-state index contributed by atoms with van der Waals surface area (Å²) in [5.74, 6) is 1.34. The molecular formula is C14H17N3O. The summed E-state index contributed by atoms with van der Waals surface area (Å²) in [5, 5.41) is 7.41. The van der Waals surface area contributed by atoms with Gasteiger partial charge in [0.15, 0.2) is 5.82 Å². The van der Waals surface area contributed by atoms with Gasteiger partial charge in [0.1, 0.15) is 0 Å². The van der Waals surface area contributed by atoms with Crippen LogP contribution >= 0.6 is 0 Å². The molecule has 4 nitrogen and oxygen atoms in total. The Bertz CT molecular complexity index is 581. The van der Waals surface area contributed by atoms with Gasteiger partial charge in [0, 0.05) is 23.2 Å². The molecule has 2 aromatic rings. The minimum atomic E-state index is -0.0866.